The minimum Gasteiger partial charge on any atom is -0.391 e. The molecule has 0 heterocycles. The van der Waals surface area contributed by atoms with Crippen LogP contribution in [0.5, 0.6) is 0 Å². The molecule has 0 atom stereocenters. The molecule has 14 heavy (non-hydrogen) atoms. The Morgan fingerprint density at radius 3 is 2.07 bits per heavy atom. The second kappa shape index (κ2) is 6.69. The normalized spacial score (nSPS) is 14.0. The predicted molar refractivity (Wildman–Crippen MR) is 65.2 cm³/mol. The first kappa shape index (κ1) is 13.3. The number of nitrogens with one attached hydrogen (secondary N) is 1. The van der Waals surface area contributed by atoms with Crippen molar-refractivity contribution < 1.29 is 0 Å². The first-order valence-corrected chi connectivity index (χ1v) is 5.56. The smallest absolute Gasteiger partial charge is 0.0142 e. The highest BCUT2D eigenvalue weighted by Crippen LogP contribution is 2.20. The number of hydrogen-bond donors (Lipinski definition) is 1. The Morgan fingerprint density at radius 2 is 1.79 bits per heavy atom. The third kappa shape index (κ3) is 4.50. The molecule has 0 spiro atoms. The van der Waals surface area contributed by atoms with E-state index in [1.165, 1.54) is 11.3 Å². The largest absolute Gasteiger partial charge is 0.391 e. The van der Waals surface area contributed by atoms with Crippen LogP contribution in [0.4, 0.5) is 0 Å². The van der Waals surface area contributed by atoms with Crippen LogP contribution in [0.25, 0.3) is 0 Å². The second-order valence-corrected chi connectivity index (χ2v) is 4.44. The summed E-state index contributed by atoms with van der Waals surface area (Å²) in [5.41, 5.74) is 2.82. The maximum atomic E-state index is 3.33. The summed E-state index contributed by atoms with van der Waals surface area (Å²) >= 11 is 0. The van der Waals surface area contributed by atoms with Crippen LogP contribution in [-0.2, 0) is 0 Å². The van der Waals surface area contributed by atoms with Crippen molar-refractivity contribution in [3.63, 3.8) is 0 Å². The van der Waals surface area contributed by atoms with Crippen LogP contribution >= 0.6 is 0 Å². The zero-order valence-electron chi connectivity index (χ0n) is 10.5. The fourth-order valence-electron chi connectivity index (χ4n) is 1.59. The molecule has 1 N–H and O–H groups in total. The lowest BCUT2D eigenvalue weighted by molar-refractivity contribution is 0.602. The van der Waals surface area contributed by atoms with E-state index in [9.17, 15) is 0 Å². The van der Waals surface area contributed by atoms with E-state index in [1.807, 2.05) is 7.05 Å². The molecule has 0 aliphatic carbocycles. The second-order valence-electron chi connectivity index (χ2n) is 4.44. The van der Waals surface area contributed by atoms with Crippen LogP contribution < -0.4 is 5.32 Å². The number of allylic oxidation sites excluding steroid dienone is 4. The fraction of sp³-hybridized carbons (Fsp3) is 0.692. The molecule has 0 aromatic rings. The van der Waals surface area contributed by atoms with Gasteiger partial charge < -0.3 is 5.32 Å². The van der Waals surface area contributed by atoms with Gasteiger partial charge in [0.25, 0.3) is 0 Å². The molecule has 82 valence electrons. The van der Waals surface area contributed by atoms with E-state index in [0.717, 1.165) is 6.42 Å². The average molecular weight is 195 g/mol. The molecular formula is C13H25N. The van der Waals surface area contributed by atoms with Gasteiger partial charge in [-0.2, -0.15) is 0 Å². The quantitative estimate of drug-likeness (QED) is 0.659. The monoisotopic (exact) mass is 195 g/mol. The Labute approximate surface area is 89.3 Å². The molecule has 0 saturated heterocycles. The summed E-state index contributed by atoms with van der Waals surface area (Å²) in [5, 5.41) is 3.33. The zero-order valence-corrected chi connectivity index (χ0v) is 10.5. The maximum Gasteiger partial charge on any atom is 0.0142 e. The highest BCUT2D eigenvalue weighted by molar-refractivity contribution is 5.26. The molecule has 0 aromatic carbocycles. The molecule has 0 saturated carbocycles. The van der Waals surface area contributed by atoms with Gasteiger partial charge in [0.05, 0.1) is 0 Å². The average Bonchev–Trinajstić information content (AvgIpc) is 2.10. The van der Waals surface area contributed by atoms with Gasteiger partial charge in [0.1, 0.15) is 0 Å². The van der Waals surface area contributed by atoms with E-state index < -0.39 is 0 Å². The van der Waals surface area contributed by atoms with Gasteiger partial charge in [0, 0.05) is 12.7 Å². The van der Waals surface area contributed by atoms with E-state index in [4.69, 9.17) is 0 Å². The molecule has 0 aliphatic heterocycles. The molecular weight excluding hydrogens is 170 g/mol. The molecule has 0 aromatic heterocycles. The SMILES string of the molecule is C/C=C\C(=C(/CC(C)C)NC)C(C)C. The summed E-state index contributed by atoms with van der Waals surface area (Å²) in [4.78, 5) is 0. The molecule has 0 radical (unpaired) electrons. The van der Waals surface area contributed by atoms with Crippen LogP contribution in [0, 0.1) is 11.8 Å². The van der Waals surface area contributed by atoms with Crippen LogP contribution in [0.3, 0.4) is 0 Å². The van der Waals surface area contributed by atoms with Crippen LogP contribution in [0.1, 0.15) is 41.0 Å². The lowest BCUT2D eigenvalue weighted by Gasteiger charge is -2.17. The standard InChI is InChI=1S/C13H25N/c1-7-8-12(11(4)5)13(14-6)9-10(2)3/h7-8,10-11,14H,9H2,1-6H3/b8-7-,13-12-. The van der Waals surface area contributed by atoms with Crippen LogP contribution in [0.15, 0.2) is 23.4 Å². The molecule has 1 nitrogen and oxygen atoms in total. The molecule has 1 heteroatoms. The van der Waals surface area contributed by atoms with Crippen molar-refractivity contribution >= 4 is 0 Å². The van der Waals surface area contributed by atoms with Gasteiger partial charge in [0.15, 0.2) is 0 Å². The van der Waals surface area contributed by atoms with E-state index >= 15 is 0 Å². The van der Waals surface area contributed by atoms with Gasteiger partial charge in [-0.1, -0.05) is 39.8 Å². The van der Waals surface area contributed by atoms with Crippen molar-refractivity contribution in [3.05, 3.63) is 23.4 Å². The van der Waals surface area contributed by atoms with E-state index in [1.54, 1.807) is 0 Å². The van der Waals surface area contributed by atoms with Crippen molar-refractivity contribution in [3.8, 4) is 0 Å². The minimum absolute atomic E-state index is 0.590. The molecule has 0 unspecified atom stereocenters. The highest BCUT2D eigenvalue weighted by Gasteiger charge is 2.08. The highest BCUT2D eigenvalue weighted by atomic mass is 14.8. The molecule has 0 amide bonds. The summed E-state index contributed by atoms with van der Waals surface area (Å²) in [6, 6.07) is 0. The third-order valence-electron chi connectivity index (χ3n) is 2.23. The lowest BCUT2D eigenvalue weighted by atomic mass is 9.96. The van der Waals surface area contributed by atoms with Gasteiger partial charge in [-0.25, -0.2) is 0 Å². The Morgan fingerprint density at radius 1 is 1.21 bits per heavy atom. The zero-order chi connectivity index (χ0) is 11.1. The van der Waals surface area contributed by atoms with Crippen molar-refractivity contribution in [2.24, 2.45) is 11.8 Å². The summed E-state index contributed by atoms with van der Waals surface area (Å²) in [6.07, 6.45) is 5.47. The predicted octanol–water partition coefficient (Wildman–Crippen LogP) is 3.74. The van der Waals surface area contributed by atoms with Crippen molar-refractivity contribution in [1.29, 1.82) is 0 Å². The first-order chi connectivity index (χ1) is 6.52. The molecule has 0 aliphatic rings. The van der Waals surface area contributed by atoms with Crippen molar-refractivity contribution in [2.45, 2.75) is 41.0 Å². The Bertz CT molecular complexity index is 209. The molecule has 0 rings (SSSR count). The van der Waals surface area contributed by atoms with Gasteiger partial charge in [-0.3, -0.25) is 0 Å². The molecule has 0 bridgehead atoms. The lowest BCUT2D eigenvalue weighted by Crippen LogP contribution is -2.13. The van der Waals surface area contributed by atoms with Crippen molar-refractivity contribution in [1.82, 2.24) is 5.32 Å². The maximum absolute atomic E-state index is 3.33. The summed E-state index contributed by atoms with van der Waals surface area (Å²) in [6.45, 7) is 11.1. The van der Waals surface area contributed by atoms with Gasteiger partial charge in [-0.15, -0.1) is 0 Å². The minimum atomic E-state index is 0.590. The Hall–Kier alpha value is -0.720. The summed E-state index contributed by atoms with van der Waals surface area (Å²) < 4.78 is 0. The molecule has 0 fully saturated rings. The first-order valence-electron chi connectivity index (χ1n) is 5.56. The van der Waals surface area contributed by atoms with Crippen molar-refractivity contribution in [2.75, 3.05) is 7.05 Å². The Kier molecular flexibility index (Phi) is 6.35. The van der Waals surface area contributed by atoms with E-state index in [-0.39, 0.29) is 0 Å². The van der Waals surface area contributed by atoms with E-state index in [0.29, 0.717) is 11.8 Å². The van der Waals surface area contributed by atoms with Gasteiger partial charge in [0.2, 0.25) is 0 Å². The Balaban J connectivity index is 4.87. The van der Waals surface area contributed by atoms with Crippen LogP contribution in [-0.4, -0.2) is 7.05 Å². The summed E-state index contributed by atoms with van der Waals surface area (Å²) in [5.74, 6) is 1.30. The summed E-state index contributed by atoms with van der Waals surface area (Å²) in [7, 11) is 2.02. The topological polar surface area (TPSA) is 12.0 Å². The van der Waals surface area contributed by atoms with Crippen LogP contribution in [0.2, 0.25) is 0 Å². The third-order valence-corrected chi connectivity index (χ3v) is 2.23. The van der Waals surface area contributed by atoms with Gasteiger partial charge >= 0.3 is 0 Å². The van der Waals surface area contributed by atoms with Gasteiger partial charge in [-0.05, 0) is 30.8 Å². The number of hydrogen-bond acceptors (Lipinski definition) is 1. The van der Waals surface area contributed by atoms with E-state index in [2.05, 4.69) is 52.1 Å². The fourth-order valence-corrected chi connectivity index (χ4v) is 1.59. The number of rotatable bonds is 5.